The van der Waals surface area contributed by atoms with E-state index in [4.69, 9.17) is 9.47 Å². The molecule has 3 aliphatic rings. The van der Waals surface area contributed by atoms with Crippen LogP contribution in [-0.4, -0.2) is 64.4 Å². The highest BCUT2D eigenvalue weighted by Crippen LogP contribution is 2.43. The Kier molecular flexibility index (Phi) is 5.51. The van der Waals surface area contributed by atoms with Gasteiger partial charge >= 0.3 is 0 Å². The van der Waals surface area contributed by atoms with Crippen LogP contribution < -0.4 is 14.7 Å². The molecule has 0 bridgehead atoms. The van der Waals surface area contributed by atoms with Crippen molar-refractivity contribution in [2.24, 2.45) is 0 Å². The third kappa shape index (κ3) is 3.48. The lowest BCUT2D eigenvalue weighted by molar-refractivity contribution is 0.0893. The lowest BCUT2D eigenvalue weighted by atomic mass is 9.90. The molecule has 0 aromatic heterocycles. The summed E-state index contributed by atoms with van der Waals surface area (Å²) < 4.78 is 12.0. The molecule has 0 N–H and O–H groups in total. The summed E-state index contributed by atoms with van der Waals surface area (Å²) in [5.74, 6) is -0.588. The largest absolute Gasteiger partial charge is 0.378 e. The number of carbonyl (C=O) groups is 2. The average Bonchev–Trinajstić information content (AvgIpc) is 2.89. The standard InChI is InChI=1S/C26H24BrN3O4/c27-17-1-3-18(4-2-17)30-25(31)19-5-7-21(28-9-13-33-14-10-28)24-22(29-11-15-34-16-12-29)8-6-20(23(19)24)26(30)32/h1-8H,9-16H2. The maximum Gasteiger partial charge on any atom is 0.265 e. The van der Waals surface area contributed by atoms with Gasteiger partial charge in [0.1, 0.15) is 0 Å². The molecule has 0 spiro atoms. The lowest BCUT2D eigenvalue weighted by Gasteiger charge is -2.36. The molecule has 2 amide bonds. The zero-order valence-electron chi connectivity index (χ0n) is 18.6. The summed E-state index contributed by atoms with van der Waals surface area (Å²) in [6, 6.07) is 15.1. The summed E-state index contributed by atoms with van der Waals surface area (Å²) in [5.41, 5.74) is 3.76. The number of benzene rings is 3. The average molecular weight is 522 g/mol. The van der Waals surface area contributed by atoms with Crippen molar-refractivity contribution in [2.75, 3.05) is 67.3 Å². The molecule has 0 atom stereocenters. The summed E-state index contributed by atoms with van der Waals surface area (Å²) in [6.07, 6.45) is 0. The highest BCUT2D eigenvalue weighted by molar-refractivity contribution is 9.10. The van der Waals surface area contributed by atoms with Gasteiger partial charge in [-0.3, -0.25) is 9.59 Å². The zero-order chi connectivity index (χ0) is 23.2. The molecule has 0 aliphatic carbocycles. The molecule has 0 unspecified atom stereocenters. The molecule has 3 aromatic carbocycles. The molecule has 7 nitrogen and oxygen atoms in total. The lowest BCUT2D eigenvalue weighted by Crippen LogP contribution is -2.41. The van der Waals surface area contributed by atoms with Crippen molar-refractivity contribution in [2.45, 2.75) is 0 Å². The predicted octanol–water partition coefficient (Wildman–Crippen LogP) is 4.08. The Morgan fingerprint density at radius 3 is 1.56 bits per heavy atom. The van der Waals surface area contributed by atoms with Crippen molar-refractivity contribution in [1.29, 1.82) is 0 Å². The van der Waals surface area contributed by atoms with Crippen LogP contribution in [-0.2, 0) is 9.47 Å². The van der Waals surface area contributed by atoms with Gasteiger partial charge in [0.05, 0.1) is 32.1 Å². The Hall–Kier alpha value is -2.94. The van der Waals surface area contributed by atoms with Crippen molar-refractivity contribution in [3.05, 3.63) is 64.1 Å². The summed E-state index contributed by atoms with van der Waals surface area (Å²) in [6.45, 7) is 5.72. The first-order valence-corrected chi connectivity index (χ1v) is 12.3. The number of amides is 2. The van der Waals surface area contributed by atoms with Gasteiger partial charge in [0.2, 0.25) is 0 Å². The topological polar surface area (TPSA) is 62.3 Å². The summed E-state index contributed by atoms with van der Waals surface area (Å²) in [4.78, 5) is 33.3. The van der Waals surface area contributed by atoms with E-state index in [1.165, 1.54) is 4.90 Å². The molecule has 3 aromatic rings. The third-order valence-electron chi connectivity index (χ3n) is 6.77. The third-order valence-corrected chi connectivity index (χ3v) is 7.30. The second-order valence-corrected chi connectivity index (χ2v) is 9.55. The Morgan fingerprint density at radius 1 is 0.618 bits per heavy atom. The first-order chi connectivity index (χ1) is 16.6. The first kappa shape index (κ1) is 21.6. The van der Waals surface area contributed by atoms with Crippen molar-refractivity contribution in [3.8, 4) is 0 Å². The van der Waals surface area contributed by atoms with E-state index < -0.39 is 0 Å². The van der Waals surface area contributed by atoms with Crippen LogP contribution in [0.5, 0.6) is 0 Å². The maximum atomic E-state index is 13.7. The number of ether oxygens (including phenoxy) is 2. The molecule has 0 radical (unpaired) electrons. The van der Waals surface area contributed by atoms with Crippen molar-refractivity contribution < 1.29 is 19.1 Å². The maximum absolute atomic E-state index is 13.7. The van der Waals surface area contributed by atoms with Gasteiger partial charge in [0, 0.05) is 63.9 Å². The smallest absolute Gasteiger partial charge is 0.265 e. The minimum absolute atomic E-state index is 0.294. The van der Waals surface area contributed by atoms with Gasteiger partial charge < -0.3 is 19.3 Å². The quantitative estimate of drug-likeness (QED) is 0.484. The van der Waals surface area contributed by atoms with Crippen molar-refractivity contribution >= 4 is 55.6 Å². The molecule has 3 aliphatic heterocycles. The van der Waals surface area contributed by atoms with E-state index >= 15 is 0 Å². The van der Waals surface area contributed by atoms with Gasteiger partial charge in [0.15, 0.2) is 0 Å². The van der Waals surface area contributed by atoms with Crippen molar-refractivity contribution in [1.82, 2.24) is 0 Å². The van der Waals surface area contributed by atoms with Crippen LogP contribution in [0.15, 0.2) is 53.0 Å². The molecular formula is C26H24BrN3O4. The summed E-state index contributed by atoms with van der Waals surface area (Å²) >= 11 is 3.43. The number of halogens is 1. The fourth-order valence-electron chi connectivity index (χ4n) is 5.11. The minimum Gasteiger partial charge on any atom is -0.378 e. The molecule has 174 valence electrons. The number of anilines is 3. The van der Waals surface area contributed by atoms with Crippen molar-refractivity contribution in [3.63, 3.8) is 0 Å². The number of carbonyl (C=O) groups excluding carboxylic acids is 2. The molecule has 6 rings (SSSR count). The fraction of sp³-hybridized carbons (Fsp3) is 0.308. The number of imide groups is 1. The first-order valence-electron chi connectivity index (χ1n) is 11.5. The van der Waals surface area contributed by atoms with Crippen LogP contribution in [0.4, 0.5) is 17.1 Å². The van der Waals surface area contributed by atoms with Crippen LogP contribution >= 0.6 is 15.9 Å². The number of hydrogen-bond acceptors (Lipinski definition) is 6. The molecule has 8 heteroatoms. The Bertz CT molecular complexity index is 1210. The van der Waals surface area contributed by atoms with E-state index in [1.54, 1.807) is 12.1 Å². The molecule has 3 heterocycles. The Balaban J connectivity index is 1.56. The van der Waals surface area contributed by atoms with E-state index in [1.807, 2.05) is 36.4 Å². The second-order valence-electron chi connectivity index (χ2n) is 8.64. The van der Waals surface area contributed by atoms with Crippen LogP contribution in [0, 0.1) is 0 Å². The molecule has 2 fully saturated rings. The molecular weight excluding hydrogens is 498 g/mol. The fourth-order valence-corrected chi connectivity index (χ4v) is 5.37. The number of morpholine rings is 2. The predicted molar refractivity (Wildman–Crippen MR) is 135 cm³/mol. The number of hydrogen-bond donors (Lipinski definition) is 0. The Labute approximate surface area is 205 Å². The van der Waals surface area contributed by atoms with E-state index in [0.717, 1.165) is 52.8 Å². The Morgan fingerprint density at radius 2 is 1.09 bits per heavy atom. The molecule has 0 saturated carbocycles. The second kappa shape index (κ2) is 8.69. The van der Waals surface area contributed by atoms with Gasteiger partial charge in [-0.05, 0) is 48.5 Å². The van der Waals surface area contributed by atoms with Gasteiger partial charge in [-0.15, -0.1) is 0 Å². The van der Waals surface area contributed by atoms with Crippen LogP contribution in [0.25, 0.3) is 10.8 Å². The van der Waals surface area contributed by atoms with Crippen LogP contribution in [0.2, 0.25) is 0 Å². The minimum atomic E-state index is -0.294. The van der Waals surface area contributed by atoms with Gasteiger partial charge in [0.25, 0.3) is 11.8 Å². The van der Waals surface area contributed by atoms with E-state index in [0.29, 0.717) is 43.2 Å². The highest BCUT2D eigenvalue weighted by atomic mass is 79.9. The van der Waals surface area contributed by atoms with E-state index in [9.17, 15) is 9.59 Å². The van der Waals surface area contributed by atoms with Gasteiger partial charge in [-0.2, -0.15) is 0 Å². The molecule has 34 heavy (non-hydrogen) atoms. The summed E-state index contributed by atoms with van der Waals surface area (Å²) in [5, 5.41) is 1.72. The van der Waals surface area contributed by atoms with Crippen LogP contribution in [0.1, 0.15) is 20.7 Å². The summed E-state index contributed by atoms with van der Waals surface area (Å²) in [7, 11) is 0. The monoisotopic (exact) mass is 521 g/mol. The van der Waals surface area contributed by atoms with Crippen LogP contribution in [0.3, 0.4) is 0 Å². The number of nitrogens with zero attached hydrogens (tertiary/aromatic N) is 3. The van der Waals surface area contributed by atoms with Gasteiger partial charge in [-0.25, -0.2) is 4.90 Å². The normalized spacial score (nSPS) is 18.7. The molecule has 2 saturated heterocycles. The van der Waals surface area contributed by atoms with E-state index in [2.05, 4.69) is 25.7 Å². The SMILES string of the molecule is O=C1c2ccc(N3CCOCC3)c3c(N4CCOCC4)ccc(c23)C(=O)N1c1ccc(Br)cc1. The van der Waals surface area contributed by atoms with E-state index in [-0.39, 0.29) is 11.8 Å². The number of rotatable bonds is 3. The highest BCUT2D eigenvalue weighted by Gasteiger charge is 2.36. The zero-order valence-corrected chi connectivity index (χ0v) is 20.2. The van der Waals surface area contributed by atoms with Gasteiger partial charge in [-0.1, -0.05) is 15.9 Å².